The molecule has 5 heterocycles. The second-order valence-corrected chi connectivity index (χ2v) is 12.2. The normalized spacial score (nSPS) is 12.2. The summed E-state index contributed by atoms with van der Waals surface area (Å²) in [6, 6.07) is 0. The van der Waals surface area contributed by atoms with Crippen molar-refractivity contribution in [1.29, 1.82) is 0 Å². The van der Waals surface area contributed by atoms with E-state index in [1.54, 1.807) is 0 Å². The van der Waals surface area contributed by atoms with Crippen LogP contribution in [0.15, 0.2) is 8.95 Å². The smallest absolute Gasteiger partial charge is 0.305 e. The van der Waals surface area contributed by atoms with Crippen molar-refractivity contribution in [3.8, 4) is 0 Å². The maximum Gasteiger partial charge on any atom is 0.305 e. The number of nitrogens with one attached hydrogen (secondary N) is 4. The van der Waals surface area contributed by atoms with Gasteiger partial charge in [-0.05, 0) is 130 Å². The van der Waals surface area contributed by atoms with E-state index >= 15 is 0 Å². The van der Waals surface area contributed by atoms with Gasteiger partial charge in [-0.2, -0.15) is 0 Å². The predicted molar refractivity (Wildman–Crippen MR) is 171 cm³/mol. The molecule has 4 aromatic rings. The minimum atomic E-state index is -0.258. The minimum Gasteiger partial charge on any atom is -0.469 e. The highest BCUT2D eigenvalue weighted by Gasteiger charge is 2.17. The van der Waals surface area contributed by atoms with Crippen LogP contribution < -0.4 is 21.4 Å². The Balaban J connectivity index is 1.85. The molecule has 0 unspecified atom stereocenters. The van der Waals surface area contributed by atoms with Gasteiger partial charge in [0.15, 0.2) is 0 Å². The molecule has 0 atom stereocenters. The highest BCUT2D eigenvalue weighted by atomic mass is 79.9. The summed E-state index contributed by atoms with van der Waals surface area (Å²) in [6.45, 7) is 8.29. The van der Waals surface area contributed by atoms with Gasteiger partial charge >= 0.3 is 11.9 Å². The fraction of sp³-hybridized carbons (Fsp3) is 0.312. The number of aromatic nitrogens is 4. The van der Waals surface area contributed by atoms with Gasteiger partial charge in [0.05, 0.1) is 25.3 Å². The van der Waals surface area contributed by atoms with Gasteiger partial charge in [-0.1, -0.05) is 0 Å². The number of carbonyl (C=O) groups is 2. The number of hydrogen-bond donors (Lipinski definition) is 4. The van der Waals surface area contributed by atoms with Gasteiger partial charge in [0.1, 0.15) is 0 Å². The Kier molecular flexibility index (Phi) is 8.57. The molecule has 4 N–H and O–H groups in total. The third kappa shape index (κ3) is 5.62. The SMILES string of the molecule is COC(=O)CCc1c2[nH]c(c1C)C=c1[nH]c(c(C)c1Br)=Cc1[nH]c(c(C)c1Br)C=c1[nH]c(c(CCC(=O)OC)c1C)=C2. The van der Waals surface area contributed by atoms with Gasteiger partial charge < -0.3 is 29.4 Å². The molecule has 4 aromatic heterocycles. The Hall–Kier alpha value is -3.50. The van der Waals surface area contributed by atoms with E-state index in [9.17, 15) is 9.59 Å². The number of H-pyrrole nitrogens is 4. The highest BCUT2D eigenvalue weighted by Crippen LogP contribution is 2.26. The van der Waals surface area contributed by atoms with E-state index in [-0.39, 0.29) is 24.8 Å². The molecule has 5 rings (SSSR count). The van der Waals surface area contributed by atoms with Crippen molar-refractivity contribution in [3.05, 3.63) is 86.5 Å². The van der Waals surface area contributed by atoms with Gasteiger partial charge in [-0.25, -0.2) is 0 Å². The first kappa shape index (κ1) is 30.0. The monoisotopic (exact) mass is 696 g/mol. The largest absolute Gasteiger partial charge is 0.469 e. The summed E-state index contributed by atoms with van der Waals surface area (Å²) in [5.74, 6) is -0.515. The second-order valence-electron chi connectivity index (χ2n) is 10.6. The van der Waals surface area contributed by atoms with Crippen LogP contribution in [0.1, 0.15) is 69.0 Å². The number of fused-ring (bicyclic) bond motifs is 8. The maximum atomic E-state index is 12.1. The summed E-state index contributed by atoms with van der Waals surface area (Å²) in [6.07, 6.45) is 9.96. The van der Waals surface area contributed by atoms with E-state index in [1.807, 2.05) is 0 Å². The van der Waals surface area contributed by atoms with Crippen molar-refractivity contribution in [1.82, 2.24) is 19.9 Å². The second kappa shape index (κ2) is 12.0. The number of halogens is 2. The van der Waals surface area contributed by atoms with Crippen molar-refractivity contribution in [2.45, 2.75) is 53.4 Å². The zero-order chi connectivity index (χ0) is 30.3. The molecule has 42 heavy (non-hydrogen) atoms. The van der Waals surface area contributed by atoms with Crippen LogP contribution in [-0.4, -0.2) is 46.1 Å². The molecule has 0 saturated carbocycles. The molecule has 0 aromatic carbocycles. The van der Waals surface area contributed by atoms with Crippen LogP contribution in [0.2, 0.25) is 0 Å². The van der Waals surface area contributed by atoms with E-state index < -0.39 is 0 Å². The lowest BCUT2D eigenvalue weighted by atomic mass is 10.0. The average Bonchev–Trinajstić information content (AvgIpc) is 3.61. The highest BCUT2D eigenvalue weighted by molar-refractivity contribution is 9.10. The Bertz CT molecular complexity index is 1970. The lowest BCUT2D eigenvalue weighted by Gasteiger charge is -2.03. The number of methoxy groups -OCH3 is 2. The molecular formula is C32H34Br2N4O4. The number of aromatic amines is 4. The lowest BCUT2D eigenvalue weighted by molar-refractivity contribution is -0.141. The zero-order valence-electron chi connectivity index (χ0n) is 24.5. The molecule has 0 radical (unpaired) electrons. The average molecular weight is 698 g/mol. The van der Waals surface area contributed by atoms with Crippen LogP contribution >= 0.6 is 31.9 Å². The first-order valence-corrected chi connectivity index (χ1v) is 15.3. The summed E-state index contributed by atoms with van der Waals surface area (Å²) in [5.41, 5.74) is 10.1. The summed E-state index contributed by atoms with van der Waals surface area (Å²) in [5, 5.41) is 3.77. The minimum absolute atomic E-state index is 0.257. The van der Waals surface area contributed by atoms with Gasteiger partial charge in [0, 0.05) is 54.9 Å². The number of carbonyl (C=O) groups excluding carboxylic acids is 2. The standard InChI is InChI=1S/C32H34Br2N4O4/c1-15-19(7-9-29(39)41-5)25-14-26-20(8-10-30(40)42-6)16(2)22(36-26)12-27-32(34)18(4)24(38-27)13-28-31(33)17(3)23(37-28)11-21(15)35-25/h11-14,35-38H,7-10H2,1-6H3. The van der Waals surface area contributed by atoms with E-state index in [1.165, 1.54) is 14.2 Å². The molecule has 1 aliphatic rings. The molecule has 0 fully saturated rings. The van der Waals surface area contributed by atoms with Crippen LogP contribution in [0.5, 0.6) is 0 Å². The third-order valence-corrected chi connectivity index (χ3v) is 10.2. The molecule has 0 spiro atoms. The third-order valence-electron chi connectivity index (χ3n) is 8.15. The first-order valence-electron chi connectivity index (χ1n) is 13.7. The van der Waals surface area contributed by atoms with E-state index in [2.05, 4.69) is 104 Å². The van der Waals surface area contributed by atoms with Gasteiger partial charge in [0.25, 0.3) is 0 Å². The van der Waals surface area contributed by atoms with Crippen LogP contribution in [0.4, 0.5) is 0 Å². The molecule has 0 amide bonds. The molecule has 10 heteroatoms. The van der Waals surface area contributed by atoms with Crippen LogP contribution in [0.3, 0.4) is 0 Å². The summed E-state index contributed by atoms with van der Waals surface area (Å²) >= 11 is 7.59. The fourth-order valence-electron chi connectivity index (χ4n) is 5.49. The van der Waals surface area contributed by atoms with E-state index in [4.69, 9.17) is 9.47 Å². The molecule has 8 nitrogen and oxygen atoms in total. The topological polar surface area (TPSA) is 116 Å². The number of esters is 2. The zero-order valence-corrected chi connectivity index (χ0v) is 27.7. The number of hydrogen-bond acceptors (Lipinski definition) is 4. The molecule has 220 valence electrons. The van der Waals surface area contributed by atoms with Crippen LogP contribution in [0.25, 0.3) is 24.3 Å². The number of rotatable bonds is 6. The Morgan fingerprint density at radius 1 is 0.571 bits per heavy atom. The van der Waals surface area contributed by atoms with Crippen molar-refractivity contribution in [2.75, 3.05) is 14.2 Å². The maximum absolute atomic E-state index is 12.1. The molecule has 0 aliphatic carbocycles. The Labute approximate surface area is 260 Å². The van der Waals surface area contributed by atoms with Crippen molar-refractivity contribution in [2.24, 2.45) is 0 Å². The number of ether oxygens (including phenoxy) is 2. The molecule has 0 saturated heterocycles. The van der Waals surface area contributed by atoms with Crippen molar-refractivity contribution in [3.63, 3.8) is 0 Å². The Morgan fingerprint density at radius 3 is 1.74 bits per heavy atom. The van der Waals surface area contributed by atoms with Crippen LogP contribution in [-0.2, 0) is 31.9 Å². The van der Waals surface area contributed by atoms with Crippen molar-refractivity contribution >= 4 is 68.1 Å². The quantitative estimate of drug-likeness (QED) is 0.203. The lowest BCUT2D eigenvalue weighted by Crippen LogP contribution is -2.14. The van der Waals surface area contributed by atoms with Gasteiger partial charge in [-0.3, -0.25) is 9.59 Å². The fourth-order valence-corrected chi connectivity index (χ4v) is 6.34. The summed E-state index contributed by atoms with van der Waals surface area (Å²) < 4.78 is 11.9. The summed E-state index contributed by atoms with van der Waals surface area (Å²) in [7, 11) is 2.82. The summed E-state index contributed by atoms with van der Waals surface area (Å²) in [4.78, 5) is 38.6. The molecule has 1 aliphatic heterocycles. The van der Waals surface area contributed by atoms with Gasteiger partial charge in [-0.15, -0.1) is 0 Å². The molecule has 8 bridgehead atoms. The van der Waals surface area contributed by atoms with Crippen LogP contribution in [0, 0.1) is 27.7 Å². The molecular weight excluding hydrogens is 664 g/mol. The first-order chi connectivity index (χ1) is 20.0. The predicted octanol–water partition coefficient (Wildman–Crippen LogP) is 3.60. The van der Waals surface area contributed by atoms with Gasteiger partial charge in [0.2, 0.25) is 0 Å². The Morgan fingerprint density at radius 2 is 1.07 bits per heavy atom. The van der Waals surface area contributed by atoms with E-state index in [0.29, 0.717) is 12.8 Å². The van der Waals surface area contributed by atoms with Crippen molar-refractivity contribution < 1.29 is 19.1 Å². The van der Waals surface area contributed by atoms with E-state index in [0.717, 1.165) is 86.5 Å².